The molecule has 0 saturated heterocycles. The first-order valence-electron chi connectivity index (χ1n) is 8.54. The molecule has 1 saturated carbocycles. The molecule has 3 heteroatoms. The Labute approximate surface area is 124 Å². The van der Waals surface area contributed by atoms with Gasteiger partial charge < -0.3 is 9.88 Å². The van der Waals surface area contributed by atoms with Crippen LogP contribution in [0.3, 0.4) is 0 Å². The Kier molecular flexibility index (Phi) is 6.08. The van der Waals surface area contributed by atoms with Gasteiger partial charge in [0.2, 0.25) is 0 Å². The highest BCUT2D eigenvalue weighted by atomic mass is 15.1. The number of imidazole rings is 1. The van der Waals surface area contributed by atoms with Crippen molar-refractivity contribution in [1.82, 2.24) is 14.9 Å². The number of rotatable bonds is 8. The third-order valence-electron chi connectivity index (χ3n) is 4.74. The van der Waals surface area contributed by atoms with Gasteiger partial charge in [-0.25, -0.2) is 4.98 Å². The third-order valence-corrected chi connectivity index (χ3v) is 4.74. The third kappa shape index (κ3) is 3.63. The van der Waals surface area contributed by atoms with Gasteiger partial charge in [0.25, 0.3) is 0 Å². The Morgan fingerprint density at radius 3 is 2.80 bits per heavy atom. The van der Waals surface area contributed by atoms with E-state index >= 15 is 0 Å². The Hall–Kier alpha value is -0.830. The van der Waals surface area contributed by atoms with Gasteiger partial charge >= 0.3 is 0 Å². The zero-order chi connectivity index (χ0) is 14.4. The molecule has 1 fully saturated rings. The van der Waals surface area contributed by atoms with Crippen LogP contribution in [0, 0.1) is 11.8 Å². The number of hydrogen-bond acceptors (Lipinski definition) is 2. The van der Waals surface area contributed by atoms with Crippen molar-refractivity contribution in [2.24, 2.45) is 11.8 Å². The first-order chi connectivity index (χ1) is 9.80. The van der Waals surface area contributed by atoms with E-state index < -0.39 is 0 Å². The van der Waals surface area contributed by atoms with Gasteiger partial charge in [-0.1, -0.05) is 33.6 Å². The van der Waals surface area contributed by atoms with Crippen LogP contribution >= 0.6 is 0 Å². The summed E-state index contributed by atoms with van der Waals surface area (Å²) in [4.78, 5) is 4.68. The molecule has 2 rings (SSSR count). The van der Waals surface area contributed by atoms with Gasteiger partial charge in [-0.2, -0.15) is 0 Å². The summed E-state index contributed by atoms with van der Waals surface area (Å²) in [6.45, 7) is 8.99. The van der Waals surface area contributed by atoms with Crippen molar-refractivity contribution in [3.05, 3.63) is 18.2 Å². The molecule has 0 aliphatic heterocycles. The lowest BCUT2D eigenvalue weighted by Gasteiger charge is -2.25. The van der Waals surface area contributed by atoms with E-state index in [9.17, 15) is 0 Å². The molecule has 0 radical (unpaired) electrons. The monoisotopic (exact) mass is 277 g/mol. The van der Waals surface area contributed by atoms with Crippen molar-refractivity contribution in [2.75, 3.05) is 6.54 Å². The fourth-order valence-corrected chi connectivity index (χ4v) is 3.59. The van der Waals surface area contributed by atoms with Gasteiger partial charge in [-0.3, -0.25) is 0 Å². The minimum absolute atomic E-state index is 0.452. The van der Waals surface area contributed by atoms with E-state index in [4.69, 9.17) is 0 Å². The summed E-state index contributed by atoms with van der Waals surface area (Å²) in [5.41, 5.74) is 0. The average Bonchev–Trinajstić information content (AvgIpc) is 3.10. The van der Waals surface area contributed by atoms with E-state index in [1.165, 1.54) is 44.3 Å². The molecule has 1 aliphatic rings. The molecule has 3 atom stereocenters. The van der Waals surface area contributed by atoms with Gasteiger partial charge in [-0.05, 0) is 44.1 Å². The molecule has 1 aromatic heterocycles. The van der Waals surface area contributed by atoms with E-state index in [-0.39, 0.29) is 0 Å². The second-order valence-corrected chi connectivity index (χ2v) is 6.26. The van der Waals surface area contributed by atoms with Crippen molar-refractivity contribution in [1.29, 1.82) is 0 Å². The molecule has 114 valence electrons. The smallest absolute Gasteiger partial charge is 0.126 e. The van der Waals surface area contributed by atoms with Crippen LogP contribution in [0.15, 0.2) is 12.4 Å². The summed E-state index contributed by atoms with van der Waals surface area (Å²) in [5, 5.41) is 3.77. The molecule has 1 N–H and O–H groups in total. The number of nitrogens with one attached hydrogen (secondary N) is 1. The molecule has 1 heterocycles. The Bertz CT molecular complexity index is 385. The Balaban J connectivity index is 2.12. The van der Waals surface area contributed by atoms with Crippen LogP contribution in [0.25, 0.3) is 0 Å². The van der Waals surface area contributed by atoms with Crippen molar-refractivity contribution in [3.8, 4) is 0 Å². The molecule has 3 unspecified atom stereocenters. The molecule has 0 aromatic carbocycles. The van der Waals surface area contributed by atoms with Crippen LogP contribution in [0.4, 0.5) is 0 Å². The second kappa shape index (κ2) is 7.82. The van der Waals surface area contributed by atoms with E-state index in [0.717, 1.165) is 24.9 Å². The number of hydrogen-bond donors (Lipinski definition) is 1. The second-order valence-electron chi connectivity index (χ2n) is 6.26. The van der Waals surface area contributed by atoms with Gasteiger partial charge in [0.1, 0.15) is 5.82 Å². The highest BCUT2D eigenvalue weighted by Gasteiger charge is 2.32. The lowest BCUT2D eigenvalue weighted by atomic mass is 9.95. The summed E-state index contributed by atoms with van der Waals surface area (Å²) in [5.74, 6) is 2.96. The lowest BCUT2D eigenvalue weighted by Crippen LogP contribution is -2.30. The van der Waals surface area contributed by atoms with E-state index in [0.29, 0.717) is 6.04 Å². The van der Waals surface area contributed by atoms with Crippen LogP contribution in [-0.4, -0.2) is 16.1 Å². The molecule has 1 aliphatic carbocycles. The summed E-state index contributed by atoms with van der Waals surface area (Å²) in [6.07, 6.45) is 11.9. The molecule has 0 bridgehead atoms. The van der Waals surface area contributed by atoms with Crippen molar-refractivity contribution in [2.45, 2.75) is 71.9 Å². The molecule has 1 aromatic rings. The van der Waals surface area contributed by atoms with Crippen LogP contribution < -0.4 is 5.32 Å². The Morgan fingerprint density at radius 2 is 2.15 bits per heavy atom. The maximum absolute atomic E-state index is 4.68. The Morgan fingerprint density at radius 1 is 1.30 bits per heavy atom. The van der Waals surface area contributed by atoms with Gasteiger partial charge in [-0.15, -0.1) is 0 Å². The average molecular weight is 277 g/mol. The van der Waals surface area contributed by atoms with Crippen molar-refractivity contribution < 1.29 is 0 Å². The molecule has 0 spiro atoms. The molecule has 3 nitrogen and oxygen atoms in total. The SMILES string of the molecule is CCCNC(c1nccn1CCC)C1CCC(CC)C1. The van der Waals surface area contributed by atoms with Crippen LogP contribution in [0.1, 0.15) is 71.2 Å². The van der Waals surface area contributed by atoms with E-state index in [2.05, 4.69) is 41.8 Å². The van der Waals surface area contributed by atoms with E-state index in [1.54, 1.807) is 0 Å². The number of nitrogens with zero attached hydrogens (tertiary/aromatic N) is 2. The van der Waals surface area contributed by atoms with Crippen LogP contribution in [-0.2, 0) is 6.54 Å². The first-order valence-corrected chi connectivity index (χ1v) is 8.54. The molecular weight excluding hydrogens is 246 g/mol. The van der Waals surface area contributed by atoms with Gasteiger partial charge in [0, 0.05) is 18.9 Å². The predicted molar refractivity (Wildman–Crippen MR) is 84.7 cm³/mol. The number of aromatic nitrogens is 2. The largest absolute Gasteiger partial charge is 0.334 e. The highest BCUT2D eigenvalue weighted by molar-refractivity contribution is 5.03. The molecular formula is C17H31N3. The standard InChI is InChI=1S/C17H31N3/c1-4-9-18-16(15-8-7-14(6-3)13-15)17-19-10-12-20(17)11-5-2/h10,12,14-16,18H,4-9,11,13H2,1-3H3. The first kappa shape index (κ1) is 15.6. The number of aryl methyl sites for hydroxylation is 1. The van der Waals surface area contributed by atoms with Crippen LogP contribution in [0.5, 0.6) is 0 Å². The van der Waals surface area contributed by atoms with Crippen LogP contribution in [0.2, 0.25) is 0 Å². The molecule has 0 amide bonds. The fourth-order valence-electron chi connectivity index (χ4n) is 3.59. The topological polar surface area (TPSA) is 29.9 Å². The van der Waals surface area contributed by atoms with Gasteiger partial charge in [0.05, 0.1) is 6.04 Å². The fraction of sp³-hybridized carbons (Fsp3) is 0.824. The van der Waals surface area contributed by atoms with E-state index in [1.807, 2.05) is 6.20 Å². The normalized spacial score (nSPS) is 24.1. The zero-order valence-electron chi connectivity index (χ0n) is 13.4. The minimum atomic E-state index is 0.452. The van der Waals surface area contributed by atoms with Crippen molar-refractivity contribution in [3.63, 3.8) is 0 Å². The summed E-state index contributed by atoms with van der Waals surface area (Å²) < 4.78 is 2.35. The van der Waals surface area contributed by atoms with Crippen molar-refractivity contribution >= 4 is 0 Å². The molecule has 20 heavy (non-hydrogen) atoms. The maximum Gasteiger partial charge on any atom is 0.126 e. The highest BCUT2D eigenvalue weighted by Crippen LogP contribution is 2.40. The summed E-state index contributed by atoms with van der Waals surface area (Å²) >= 11 is 0. The predicted octanol–water partition coefficient (Wildman–Crippen LogP) is 4.16. The summed E-state index contributed by atoms with van der Waals surface area (Å²) in [7, 11) is 0. The lowest BCUT2D eigenvalue weighted by molar-refractivity contribution is 0.331. The zero-order valence-corrected chi connectivity index (χ0v) is 13.4. The quantitative estimate of drug-likeness (QED) is 0.773. The van der Waals surface area contributed by atoms with Gasteiger partial charge in [0.15, 0.2) is 0 Å². The maximum atomic E-state index is 4.68. The minimum Gasteiger partial charge on any atom is -0.334 e. The summed E-state index contributed by atoms with van der Waals surface area (Å²) in [6, 6.07) is 0.452.